The van der Waals surface area contributed by atoms with Crippen LogP contribution in [0.5, 0.6) is 0 Å². The number of nitrogens with one attached hydrogen (secondary N) is 2. The van der Waals surface area contributed by atoms with Gasteiger partial charge in [0.1, 0.15) is 0 Å². The molecule has 160 valence electrons. The van der Waals surface area contributed by atoms with Crippen LogP contribution in [0.2, 0.25) is 0 Å². The van der Waals surface area contributed by atoms with E-state index in [1.54, 1.807) is 30.3 Å². The Labute approximate surface area is 176 Å². The lowest BCUT2D eigenvalue weighted by Crippen LogP contribution is -2.26. The van der Waals surface area contributed by atoms with Gasteiger partial charge in [0.2, 0.25) is 0 Å². The predicted octanol–water partition coefficient (Wildman–Crippen LogP) is 4.60. The molecule has 0 fully saturated rings. The van der Waals surface area contributed by atoms with Crippen LogP contribution in [0.1, 0.15) is 40.7 Å². The average molecular weight is 427 g/mol. The van der Waals surface area contributed by atoms with Gasteiger partial charge in [0, 0.05) is 35.5 Å². The summed E-state index contributed by atoms with van der Waals surface area (Å²) in [5, 5.41) is 3.42. The van der Waals surface area contributed by atoms with Crippen molar-refractivity contribution in [3.05, 3.63) is 81.9 Å². The highest BCUT2D eigenvalue weighted by Crippen LogP contribution is 2.40. The maximum absolute atomic E-state index is 12.9. The predicted molar refractivity (Wildman–Crippen MR) is 111 cm³/mol. The number of benzene rings is 1. The van der Waals surface area contributed by atoms with Gasteiger partial charge in [-0.3, -0.25) is 14.6 Å². The first-order chi connectivity index (χ1) is 14.8. The van der Waals surface area contributed by atoms with Crippen LogP contribution in [0, 0.1) is 5.92 Å². The Hall–Kier alpha value is -3.42. The molecule has 0 spiro atoms. The van der Waals surface area contributed by atoms with Gasteiger partial charge in [0.25, 0.3) is 11.5 Å². The molecule has 2 N–H and O–H groups in total. The number of nitrogens with zero attached hydrogens (tertiary/aromatic N) is 1. The minimum absolute atomic E-state index is 0.0334. The zero-order valence-corrected chi connectivity index (χ0v) is 16.5. The number of alkyl halides is 3. The molecule has 1 atom stereocenters. The first kappa shape index (κ1) is 20.8. The summed E-state index contributed by atoms with van der Waals surface area (Å²) < 4.78 is 38.8. The number of pyridine rings is 2. The summed E-state index contributed by atoms with van der Waals surface area (Å²) in [5.41, 5.74) is 2.80. The van der Waals surface area contributed by atoms with Crippen LogP contribution in [0.25, 0.3) is 16.5 Å². The summed E-state index contributed by atoms with van der Waals surface area (Å²) in [6.45, 7) is 0.0837. The van der Waals surface area contributed by atoms with Gasteiger partial charge in [-0.25, -0.2) is 0 Å². The number of rotatable bonds is 4. The van der Waals surface area contributed by atoms with Crippen molar-refractivity contribution in [1.29, 1.82) is 0 Å². The smallest absolute Gasteiger partial charge is 0.348 e. The van der Waals surface area contributed by atoms with E-state index >= 15 is 0 Å². The molecular formula is C23H20F3N3O2. The molecule has 1 unspecified atom stereocenters. The number of hydrogen-bond donors (Lipinski definition) is 2. The van der Waals surface area contributed by atoms with E-state index in [9.17, 15) is 22.8 Å². The fourth-order valence-electron chi connectivity index (χ4n) is 3.79. The largest absolute Gasteiger partial charge is 0.392 e. The van der Waals surface area contributed by atoms with Crippen molar-refractivity contribution in [3.8, 4) is 0 Å². The molecule has 0 saturated carbocycles. The number of fused-ring (bicyclic) bond motifs is 1. The Balaban J connectivity index is 1.54. The normalized spacial score (nSPS) is 16.7. The number of para-hydroxylation sites is 1. The van der Waals surface area contributed by atoms with Crippen LogP contribution < -0.4 is 10.9 Å². The molecule has 1 aromatic carbocycles. The molecule has 0 saturated heterocycles. The Morgan fingerprint density at radius 2 is 2.06 bits per heavy atom. The summed E-state index contributed by atoms with van der Waals surface area (Å²) in [6, 6.07) is 10.5. The third-order valence-corrected chi connectivity index (χ3v) is 5.53. The van der Waals surface area contributed by atoms with Crippen molar-refractivity contribution in [2.45, 2.75) is 32.0 Å². The van der Waals surface area contributed by atoms with E-state index in [-0.39, 0.29) is 30.9 Å². The number of carbonyl (C=O) groups is 1. The molecule has 0 bridgehead atoms. The second-order valence-corrected chi connectivity index (χ2v) is 7.55. The number of allylic oxidation sites excluding steroid dienone is 2. The summed E-state index contributed by atoms with van der Waals surface area (Å²) in [6.07, 6.45) is 0.794. The quantitative estimate of drug-likeness (QED) is 0.639. The second kappa shape index (κ2) is 8.37. The van der Waals surface area contributed by atoms with E-state index in [2.05, 4.69) is 15.3 Å². The van der Waals surface area contributed by atoms with E-state index in [4.69, 9.17) is 0 Å². The molecule has 1 aliphatic rings. The first-order valence-electron chi connectivity index (χ1n) is 9.92. The molecule has 0 radical (unpaired) electrons. The van der Waals surface area contributed by atoms with Crippen LogP contribution in [-0.4, -0.2) is 22.1 Å². The van der Waals surface area contributed by atoms with Crippen LogP contribution in [0.3, 0.4) is 0 Å². The molecule has 2 aromatic heterocycles. The van der Waals surface area contributed by atoms with Crippen molar-refractivity contribution in [2.24, 2.45) is 5.92 Å². The van der Waals surface area contributed by atoms with E-state index in [1.807, 2.05) is 12.1 Å². The Kier molecular flexibility index (Phi) is 5.63. The average Bonchev–Trinajstić information content (AvgIpc) is 2.77. The molecule has 4 rings (SSSR count). The molecule has 3 aromatic rings. The summed E-state index contributed by atoms with van der Waals surface area (Å²) in [7, 11) is 0. The topological polar surface area (TPSA) is 74.8 Å². The minimum Gasteiger partial charge on any atom is -0.348 e. The lowest BCUT2D eigenvalue weighted by molar-refractivity contribution is -0.175. The first-order valence-corrected chi connectivity index (χ1v) is 9.92. The number of aromatic nitrogens is 2. The number of hydrogen-bond acceptors (Lipinski definition) is 3. The van der Waals surface area contributed by atoms with Crippen molar-refractivity contribution in [1.82, 2.24) is 15.3 Å². The van der Waals surface area contributed by atoms with Gasteiger partial charge < -0.3 is 10.3 Å². The zero-order chi connectivity index (χ0) is 22.0. The summed E-state index contributed by atoms with van der Waals surface area (Å²) in [4.78, 5) is 31.2. The monoisotopic (exact) mass is 427 g/mol. The molecule has 1 amide bonds. The summed E-state index contributed by atoms with van der Waals surface area (Å²) >= 11 is 0. The van der Waals surface area contributed by atoms with Crippen LogP contribution in [-0.2, 0) is 6.54 Å². The Bertz CT molecular complexity index is 1210. The molecule has 2 heterocycles. The lowest BCUT2D eigenvalue weighted by atomic mass is 9.85. The fraction of sp³-hybridized carbons (Fsp3) is 0.261. The van der Waals surface area contributed by atoms with Gasteiger partial charge >= 0.3 is 6.18 Å². The lowest BCUT2D eigenvalue weighted by Gasteiger charge is -2.24. The SMILES string of the molecule is O=C(NCc1ccc[nH]c1=O)c1cnc2c(C3=CCC(C(F)(F)F)CC3)cccc2c1. The van der Waals surface area contributed by atoms with Crippen LogP contribution in [0.4, 0.5) is 13.2 Å². The van der Waals surface area contributed by atoms with Crippen LogP contribution in [0.15, 0.2) is 59.7 Å². The van der Waals surface area contributed by atoms with E-state index in [1.165, 1.54) is 12.4 Å². The van der Waals surface area contributed by atoms with Gasteiger partial charge in [-0.15, -0.1) is 0 Å². The van der Waals surface area contributed by atoms with Crippen molar-refractivity contribution >= 4 is 22.4 Å². The molecular weight excluding hydrogens is 407 g/mol. The molecule has 0 aliphatic heterocycles. The fourth-order valence-corrected chi connectivity index (χ4v) is 3.79. The molecule has 1 aliphatic carbocycles. The third-order valence-electron chi connectivity index (χ3n) is 5.53. The molecule has 31 heavy (non-hydrogen) atoms. The maximum Gasteiger partial charge on any atom is 0.392 e. The number of aromatic amines is 1. The third kappa shape index (κ3) is 4.52. The van der Waals surface area contributed by atoms with Gasteiger partial charge in [0.15, 0.2) is 0 Å². The highest BCUT2D eigenvalue weighted by Gasteiger charge is 2.39. The van der Waals surface area contributed by atoms with E-state index in [0.29, 0.717) is 23.1 Å². The minimum atomic E-state index is -4.17. The van der Waals surface area contributed by atoms with Crippen LogP contribution >= 0.6 is 0 Å². The van der Waals surface area contributed by atoms with Crippen molar-refractivity contribution in [2.75, 3.05) is 0 Å². The highest BCUT2D eigenvalue weighted by atomic mass is 19.4. The van der Waals surface area contributed by atoms with Gasteiger partial charge in [-0.1, -0.05) is 30.3 Å². The standard InChI is InChI=1S/C23H20F3N3O2/c24-23(25,26)18-8-6-14(7-9-18)19-5-1-3-15-11-17(13-28-20(15)19)22(31)29-12-16-4-2-10-27-21(16)30/h1-6,10-11,13,18H,7-9,12H2,(H,27,30)(H,29,31). The Morgan fingerprint density at radius 3 is 2.77 bits per heavy atom. The Morgan fingerprint density at radius 1 is 1.23 bits per heavy atom. The second-order valence-electron chi connectivity index (χ2n) is 7.55. The van der Waals surface area contributed by atoms with Gasteiger partial charge in [0.05, 0.1) is 17.0 Å². The maximum atomic E-state index is 12.9. The van der Waals surface area contributed by atoms with E-state index < -0.39 is 12.1 Å². The number of H-pyrrole nitrogens is 1. The number of amides is 1. The molecule has 5 nitrogen and oxygen atoms in total. The molecule has 8 heteroatoms. The number of carbonyl (C=O) groups excluding carboxylic acids is 1. The highest BCUT2D eigenvalue weighted by molar-refractivity contribution is 5.99. The van der Waals surface area contributed by atoms with Crippen molar-refractivity contribution in [3.63, 3.8) is 0 Å². The van der Waals surface area contributed by atoms with Crippen molar-refractivity contribution < 1.29 is 18.0 Å². The number of halogens is 3. The summed E-state index contributed by atoms with van der Waals surface area (Å²) in [5.74, 6) is -1.67. The van der Waals surface area contributed by atoms with Gasteiger partial charge in [-0.05, 0) is 37.0 Å². The van der Waals surface area contributed by atoms with Gasteiger partial charge in [-0.2, -0.15) is 13.2 Å². The zero-order valence-electron chi connectivity index (χ0n) is 16.5. The van der Waals surface area contributed by atoms with E-state index in [0.717, 1.165) is 16.5 Å².